The molecule has 0 unspecified atom stereocenters. The molecule has 1 aliphatic rings. The average molecular weight is 584 g/mol. The summed E-state index contributed by atoms with van der Waals surface area (Å²) in [5, 5.41) is 10.0. The minimum absolute atomic E-state index is 0.0368. The fourth-order valence-electron chi connectivity index (χ4n) is 4.80. The molecule has 1 aromatic heterocycles. The fraction of sp³-hybridized carbons (Fsp3) is 0.400. The summed E-state index contributed by atoms with van der Waals surface area (Å²) in [5.41, 5.74) is 2.09. The lowest BCUT2D eigenvalue weighted by Gasteiger charge is -2.29. The Morgan fingerprint density at radius 1 is 0.850 bits per heavy atom. The maximum absolute atomic E-state index is 13.4. The maximum atomic E-state index is 13.4. The molecule has 8 nitrogen and oxygen atoms in total. The van der Waals surface area contributed by atoms with Gasteiger partial charge in [-0.3, -0.25) is 9.59 Å². The van der Waals surface area contributed by atoms with Crippen LogP contribution in [0.5, 0.6) is 0 Å². The van der Waals surface area contributed by atoms with Crippen molar-refractivity contribution in [3.63, 3.8) is 0 Å². The van der Waals surface area contributed by atoms with E-state index in [1.54, 1.807) is 29.2 Å². The van der Waals surface area contributed by atoms with E-state index < -0.39 is 0 Å². The number of hydrogen-bond donors (Lipinski definition) is 0. The summed E-state index contributed by atoms with van der Waals surface area (Å²) in [5.74, 6) is 0.551. The number of halogens is 2. The number of likely N-dealkylation sites (N-methyl/N-ethyl adjacent to an activating group) is 1. The second-order valence-electron chi connectivity index (χ2n) is 9.74. The van der Waals surface area contributed by atoms with Crippen molar-refractivity contribution in [1.82, 2.24) is 24.9 Å². The summed E-state index contributed by atoms with van der Waals surface area (Å²) in [4.78, 5) is 34.7. The van der Waals surface area contributed by atoms with E-state index in [0.717, 1.165) is 43.1 Å². The van der Waals surface area contributed by atoms with Gasteiger partial charge in [0.15, 0.2) is 5.82 Å². The van der Waals surface area contributed by atoms with Crippen LogP contribution < -0.4 is 4.90 Å². The third kappa shape index (κ3) is 7.71. The predicted molar refractivity (Wildman–Crippen MR) is 161 cm³/mol. The Hall–Kier alpha value is -3.20. The Morgan fingerprint density at radius 2 is 1.60 bits per heavy atom. The molecule has 0 saturated carbocycles. The predicted octanol–water partition coefficient (Wildman–Crippen LogP) is 4.97. The third-order valence-electron chi connectivity index (χ3n) is 7.26. The highest BCUT2D eigenvalue weighted by Gasteiger charge is 2.25. The molecule has 1 saturated heterocycles. The lowest BCUT2D eigenvalue weighted by Crippen LogP contribution is -2.46. The van der Waals surface area contributed by atoms with Crippen molar-refractivity contribution < 1.29 is 9.59 Å². The Labute approximate surface area is 246 Å². The molecular weight excluding hydrogens is 547 g/mol. The van der Waals surface area contributed by atoms with Crippen LogP contribution in [0, 0.1) is 0 Å². The van der Waals surface area contributed by atoms with Crippen molar-refractivity contribution >= 4 is 40.8 Å². The Balaban J connectivity index is 1.40. The molecular formula is C30H36Cl2N6O2. The maximum Gasteiger partial charge on any atom is 0.254 e. The first-order chi connectivity index (χ1) is 19.4. The molecule has 0 radical (unpaired) electrons. The van der Waals surface area contributed by atoms with E-state index in [9.17, 15) is 9.59 Å². The number of carbonyl (C=O) groups excluding carboxylic acids is 2. The molecule has 2 heterocycles. The molecule has 0 aliphatic carbocycles. The summed E-state index contributed by atoms with van der Waals surface area (Å²) < 4.78 is 0. The van der Waals surface area contributed by atoms with E-state index in [1.165, 1.54) is 0 Å². The van der Waals surface area contributed by atoms with Crippen LogP contribution in [0.1, 0.15) is 30.6 Å². The second-order valence-corrected chi connectivity index (χ2v) is 10.6. The molecule has 0 bridgehead atoms. The number of rotatable bonds is 10. The molecule has 10 heteroatoms. The van der Waals surface area contributed by atoms with Gasteiger partial charge in [0.05, 0.1) is 10.7 Å². The van der Waals surface area contributed by atoms with Crippen molar-refractivity contribution in [2.45, 2.75) is 20.3 Å². The number of aromatic nitrogens is 2. The zero-order valence-electron chi connectivity index (χ0n) is 23.1. The monoisotopic (exact) mass is 582 g/mol. The van der Waals surface area contributed by atoms with Gasteiger partial charge in [-0.25, -0.2) is 0 Å². The molecule has 4 rings (SSSR count). The Bertz CT molecular complexity index is 1270. The van der Waals surface area contributed by atoms with Gasteiger partial charge in [-0.2, -0.15) is 0 Å². The normalized spacial score (nSPS) is 13.8. The Kier molecular flexibility index (Phi) is 10.7. The minimum Gasteiger partial charge on any atom is -0.353 e. The number of carbonyl (C=O) groups is 2. The van der Waals surface area contributed by atoms with Gasteiger partial charge in [-0.1, -0.05) is 55.2 Å². The molecule has 0 spiro atoms. The van der Waals surface area contributed by atoms with Gasteiger partial charge in [-0.05, 0) is 62.0 Å². The zero-order valence-corrected chi connectivity index (χ0v) is 24.6. The molecule has 212 valence electrons. The van der Waals surface area contributed by atoms with Crippen LogP contribution in [0.4, 0.5) is 5.82 Å². The van der Waals surface area contributed by atoms with E-state index >= 15 is 0 Å². The average Bonchev–Trinajstić information content (AvgIpc) is 3.24. The van der Waals surface area contributed by atoms with Crippen LogP contribution >= 0.6 is 23.2 Å². The summed E-state index contributed by atoms with van der Waals surface area (Å²) in [7, 11) is 0. The van der Waals surface area contributed by atoms with E-state index in [2.05, 4.69) is 33.8 Å². The summed E-state index contributed by atoms with van der Waals surface area (Å²) in [6.07, 6.45) is 0.796. The smallest absolute Gasteiger partial charge is 0.254 e. The van der Waals surface area contributed by atoms with Crippen molar-refractivity contribution in [1.29, 1.82) is 0 Å². The van der Waals surface area contributed by atoms with E-state index in [0.29, 0.717) is 48.3 Å². The van der Waals surface area contributed by atoms with E-state index in [-0.39, 0.29) is 18.4 Å². The van der Waals surface area contributed by atoms with Gasteiger partial charge in [0.25, 0.3) is 5.91 Å². The largest absolute Gasteiger partial charge is 0.353 e. The highest BCUT2D eigenvalue weighted by Crippen LogP contribution is 2.26. The first-order valence-corrected chi connectivity index (χ1v) is 14.5. The first-order valence-electron chi connectivity index (χ1n) is 13.8. The number of anilines is 1. The van der Waals surface area contributed by atoms with Crippen LogP contribution in [0.2, 0.25) is 10.0 Å². The number of amides is 2. The van der Waals surface area contributed by atoms with E-state index in [4.69, 9.17) is 23.2 Å². The third-order valence-corrected chi connectivity index (χ3v) is 7.84. The highest BCUT2D eigenvalue weighted by atomic mass is 35.5. The highest BCUT2D eigenvalue weighted by molar-refractivity contribution is 6.33. The van der Waals surface area contributed by atoms with Gasteiger partial charge < -0.3 is 19.6 Å². The van der Waals surface area contributed by atoms with Gasteiger partial charge >= 0.3 is 0 Å². The van der Waals surface area contributed by atoms with Crippen molar-refractivity contribution in [2.75, 3.05) is 63.8 Å². The zero-order chi connectivity index (χ0) is 28.5. The van der Waals surface area contributed by atoms with E-state index in [1.807, 2.05) is 41.3 Å². The van der Waals surface area contributed by atoms with Crippen LogP contribution in [-0.4, -0.2) is 95.6 Å². The van der Waals surface area contributed by atoms with Crippen molar-refractivity contribution in [3.8, 4) is 11.3 Å². The summed E-state index contributed by atoms with van der Waals surface area (Å²) >= 11 is 12.3. The van der Waals surface area contributed by atoms with Crippen LogP contribution in [0.15, 0.2) is 60.7 Å². The van der Waals surface area contributed by atoms with Gasteiger partial charge in [0, 0.05) is 55.4 Å². The molecule has 3 aromatic rings. The van der Waals surface area contributed by atoms with Crippen LogP contribution in [0.25, 0.3) is 11.3 Å². The second kappa shape index (κ2) is 14.4. The van der Waals surface area contributed by atoms with Crippen molar-refractivity contribution in [3.05, 3.63) is 76.3 Å². The van der Waals surface area contributed by atoms with Gasteiger partial charge in [0.2, 0.25) is 5.91 Å². The van der Waals surface area contributed by atoms with Gasteiger partial charge in [-0.15, -0.1) is 10.2 Å². The topological polar surface area (TPSA) is 72.9 Å². The number of nitrogens with zero attached hydrogens (tertiary/aromatic N) is 6. The lowest BCUT2D eigenvalue weighted by atomic mass is 10.1. The molecule has 0 atom stereocenters. The lowest BCUT2D eigenvalue weighted by molar-refractivity contribution is -0.131. The summed E-state index contributed by atoms with van der Waals surface area (Å²) in [6, 6.07) is 18.3. The minimum atomic E-state index is -0.164. The number of benzene rings is 2. The van der Waals surface area contributed by atoms with Crippen LogP contribution in [0.3, 0.4) is 0 Å². The standard InChI is InChI=1S/C30H36Cl2N6O2/c1-3-35(4-2)18-19-38(30(40)23-10-12-24(31)13-11-23)22-29(39)37-17-7-16-36(20-21-37)28-15-14-27(33-34-28)25-8-5-6-9-26(25)32/h5-6,8-15H,3-4,7,16-22H2,1-2H3. The fourth-order valence-corrected chi connectivity index (χ4v) is 5.15. The first kappa shape index (κ1) is 29.8. The summed E-state index contributed by atoms with van der Waals surface area (Å²) in [6.45, 7) is 9.75. The molecule has 1 fully saturated rings. The Morgan fingerprint density at radius 3 is 2.27 bits per heavy atom. The van der Waals surface area contributed by atoms with Gasteiger partial charge in [0.1, 0.15) is 6.54 Å². The SMILES string of the molecule is CCN(CC)CCN(CC(=O)N1CCCN(c2ccc(-c3ccccc3Cl)nn2)CC1)C(=O)c1ccc(Cl)cc1. The van der Waals surface area contributed by atoms with Crippen LogP contribution in [-0.2, 0) is 4.79 Å². The molecule has 2 aromatic carbocycles. The molecule has 1 aliphatic heterocycles. The number of hydrogen-bond acceptors (Lipinski definition) is 6. The quantitative estimate of drug-likeness (QED) is 0.336. The molecule has 40 heavy (non-hydrogen) atoms. The van der Waals surface area contributed by atoms with Crippen molar-refractivity contribution in [2.24, 2.45) is 0 Å². The molecule has 2 amide bonds. The molecule has 0 N–H and O–H groups in total.